The standard InChI is InChI=1S/C23H22N2O4/c1-16(29-21-11-7-6-10-20(21)28-2)22(26)24-18-12-14-19(15-13-18)25-23(27)17-8-4-3-5-9-17/h3-16H,1-2H3,(H,24,26)(H,25,27). The van der Waals surface area contributed by atoms with Crippen LogP contribution in [0.1, 0.15) is 17.3 Å². The van der Waals surface area contributed by atoms with Gasteiger partial charge in [0, 0.05) is 16.9 Å². The van der Waals surface area contributed by atoms with E-state index < -0.39 is 6.10 Å². The molecule has 3 aromatic carbocycles. The molecule has 0 saturated carbocycles. The molecule has 148 valence electrons. The number of methoxy groups -OCH3 is 1. The number of hydrogen-bond donors (Lipinski definition) is 2. The number of ether oxygens (including phenoxy) is 2. The van der Waals surface area contributed by atoms with Gasteiger partial charge in [0.05, 0.1) is 7.11 Å². The maximum Gasteiger partial charge on any atom is 0.265 e. The lowest BCUT2D eigenvalue weighted by molar-refractivity contribution is -0.122. The Hall–Kier alpha value is -3.80. The molecule has 3 aromatic rings. The quantitative estimate of drug-likeness (QED) is 0.629. The molecule has 2 N–H and O–H groups in total. The first-order valence-electron chi connectivity index (χ1n) is 9.14. The van der Waals surface area contributed by atoms with Crippen molar-refractivity contribution in [1.29, 1.82) is 0 Å². The second kappa shape index (κ2) is 9.41. The molecule has 0 bridgehead atoms. The van der Waals surface area contributed by atoms with Crippen molar-refractivity contribution < 1.29 is 19.1 Å². The highest BCUT2D eigenvalue weighted by Crippen LogP contribution is 2.27. The Morgan fingerprint density at radius 1 is 0.759 bits per heavy atom. The highest BCUT2D eigenvalue weighted by atomic mass is 16.5. The van der Waals surface area contributed by atoms with E-state index in [9.17, 15) is 9.59 Å². The topological polar surface area (TPSA) is 76.7 Å². The Balaban J connectivity index is 1.57. The maximum absolute atomic E-state index is 12.4. The van der Waals surface area contributed by atoms with Gasteiger partial charge in [0.1, 0.15) is 0 Å². The summed E-state index contributed by atoms with van der Waals surface area (Å²) >= 11 is 0. The molecule has 0 aliphatic heterocycles. The first kappa shape index (κ1) is 19.9. The normalized spacial score (nSPS) is 11.2. The minimum atomic E-state index is -0.719. The lowest BCUT2D eigenvalue weighted by atomic mass is 10.2. The zero-order valence-electron chi connectivity index (χ0n) is 16.2. The van der Waals surface area contributed by atoms with Crippen LogP contribution in [0.25, 0.3) is 0 Å². The lowest BCUT2D eigenvalue weighted by Gasteiger charge is -2.16. The lowest BCUT2D eigenvalue weighted by Crippen LogP contribution is -2.30. The summed E-state index contributed by atoms with van der Waals surface area (Å²) < 4.78 is 10.9. The maximum atomic E-state index is 12.4. The van der Waals surface area contributed by atoms with Crippen LogP contribution in [0.3, 0.4) is 0 Å². The predicted octanol–water partition coefficient (Wildman–Crippen LogP) is 4.35. The molecule has 0 aliphatic carbocycles. The van der Waals surface area contributed by atoms with Gasteiger partial charge in [-0.15, -0.1) is 0 Å². The Morgan fingerprint density at radius 3 is 1.93 bits per heavy atom. The number of benzene rings is 3. The third-order valence-electron chi connectivity index (χ3n) is 4.19. The summed E-state index contributed by atoms with van der Waals surface area (Å²) in [6, 6.07) is 23.0. The van der Waals surface area contributed by atoms with E-state index in [4.69, 9.17) is 9.47 Å². The number of amides is 2. The summed E-state index contributed by atoms with van der Waals surface area (Å²) in [4.78, 5) is 24.6. The van der Waals surface area contributed by atoms with Gasteiger partial charge in [-0.1, -0.05) is 30.3 Å². The van der Waals surface area contributed by atoms with Crippen molar-refractivity contribution in [3.05, 3.63) is 84.4 Å². The summed E-state index contributed by atoms with van der Waals surface area (Å²) in [6.45, 7) is 1.66. The first-order chi connectivity index (χ1) is 14.1. The molecule has 0 heterocycles. The Labute approximate surface area is 169 Å². The fourth-order valence-corrected chi connectivity index (χ4v) is 2.63. The van der Waals surface area contributed by atoms with Gasteiger partial charge in [-0.2, -0.15) is 0 Å². The second-order valence-corrected chi connectivity index (χ2v) is 6.30. The van der Waals surface area contributed by atoms with Crippen LogP contribution < -0.4 is 20.1 Å². The van der Waals surface area contributed by atoms with Crippen molar-refractivity contribution >= 4 is 23.2 Å². The van der Waals surface area contributed by atoms with Gasteiger partial charge in [-0.3, -0.25) is 9.59 Å². The molecule has 6 nitrogen and oxygen atoms in total. The minimum Gasteiger partial charge on any atom is -0.493 e. The molecule has 6 heteroatoms. The number of nitrogens with one attached hydrogen (secondary N) is 2. The second-order valence-electron chi connectivity index (χ2n) is 6.30. The van der Waals surface area contributed by atoms with Crippen molar-refractivity contribution in [2.45, 2.75) is 13.0 Å². The van der Waals surface area contributed by atoms with E-state index in [0.29, 0.717) is 28.4 Å². The highest BCUT2D eigenvalue weighted by molar-refractivity contribution is 6.04. The molecule has 0 saturated heterocycles. The van der Waals surface area contributed by atoms with Crippen molar-refractivity contribution in [3.8, 4) is 11.5 Å². The fourth-order valence-electron chi connectivity index (χ4n) is 2.63. The molecule has 3 rings (SSSR count). The van der Waals surface area contributed by atoms with Crippen LogP contribution >= 0.6 is 0 Å². The molecule has 0 fully saturated rings. The number of hydrogen-bond acceptors (Lipinski definition) is 4. The molecule has 1 unspecified atom stereocenters. The summed E-state index contributed by atoms with van der Waals surface area (Å²) in [7, 11) is 1.55. The predicted molar refractivity (Wildman–Crippen MR) is 113 cm³/mol. The van der Waals surface area contributed by atoms with Gasteiger partial charge >= 0.3 is 0 Å². The SMILES string of the molecule is COc1ccccc1OC(C)C(=O)Nc1ccc(NC(=O)c2ccccc2)cc1. The fraction of sp³-hybridized carbons (Fsp3) is 0.130. The number of para-hydroxylation sites is 2. The molecule has 1 atom stereocenters. The number of rotatable bonds is 7. The first-order valence-corrected chi connectivity index (χ1v) is 9.14. The molecular weight excluding hydrogens is 368 g/mol. The van der Waals surface area contributed by atoms with Crippen molar-refractivity contribution in [1.82, 2.24) is 0 Å². The van der Waals surface area contributed by atoms with E-state index in [1.807, 2.05) is 30.3 Å². The summed E-state index contributed by atoms with van der Waals surface area (Å²) in [5, 5.41) is 5.61. The van der Waals surface area contributed by atoms with Crippen LogP contribution in [-0.4, -0.2) is 25.0 Å². The van der Waals surface area contributed by atoms with Crippen LogP contribution in [0.4, 0.5) is 11.4 Å². The molecule has 0 aliphatic rings. The van der Waals surface area contributed by atoms with E-state index in [1.165, 1.54) is 0 Å². The Bertz CT molecular complexity index is 972. The molecule has 0 radical (unpaired) electrons. The molecule has 0 aromatic heterocycles. The van der Waals surface area contributed by atoms with Crippen molar-refractivity contribution in [2.75, 3.05) is 17.7 Å². The van der Waals surface area contributed by atoms with E-state index in [0.717, 1.165) is 0 Å². The number of anilines is 2. The summed E-state index contributed by atoms with van der Waals surface area (Å²) in [6.07, 6.45) is -0.719. The third-order valence-corrected chi connectivity index (χ3v) is 4.19. The van der Waals surface area contributed by atoms with Crippen LogP contribution in [-0.2, 0) is 4.79 Å². The van der Waals surface area contributed by atoms with Crippen LogP contribution in [0, 0.1) is 0 Å². The van der Waals surface area contributed by atoms with Crippen molar-refractivity contribution in [3.63, 3.8) is 0 Å². The zero-order chi connectivity index (χ0) is 20.6. The van der Waals surface area contributed by atoms with Gasteiger partial charge in [-0.25, -0.2) is 0 Å². The van der Waals surface area contributed by atoms with Gasteiger partial charge in [0.15, 0.2) is 17.6 Å². The molecule has 2 amide bonds. The van der Waals surface area contributed by atoms with Gasteiger partial charge in [-0.05, 0) is 55.5 Å². The zero-order valence-corrected chi connectivity index (χ0v) is 16.2. The van der Waals surface area contributed by atoms with Crippen LogP contribution in [0.15, 0.2) is 78.9 Å². The largest absolute Gasteiger partial charge is 0.493 e. The van der Waals surface area contributed by atoms with Crippen LogP contribution in [0.5, 0.6) is 11.5 Å². The van der Waals surface area contributed by atoms with Gasteiger partial charge < -0.3 is 20.1 Å². The van der Waals surface area contributed by atoms with E-state index in [1.54, 1.807) is 62.6 Å². The van der Waals surface area contributed by atoms with Gasteiger partial charge in [0.25, 0.3) is 11.8 Å². The van der Waals surface area contributed by atoms with Crippen molar-refractivity contribution in [2.24, 2.45) is 0 Å². The van der Waals surface area contributed by atoms with Gasteiger partial charge in [0.2, 0.25) is 0 Å². The number of carbonyl (C=O) groups is 2. The molecule has 0 spiro atoms. The number of carbonyl (C=O) groups excluding carboxylic acids is 2. The Kier molecular flexibility index (Phi) is 6.47. The highest BCUT2D eigenvalue weighted by Gasteiger charge is 2.17. The summed E-state index contributed by atoms with van der Waals surface area (Å²) in [5.74, 6) is 0.570. The van der Waals surface area contributed by atoms with E-state index in [2.05, 4.69) is 10.6 Å². The van der Waals surface area contributed by atoms with Crippen LogP contribution in [0.2, 0.25) is 0 Å². The third kappa shape index (κ3) is 5.35. The van der Waals surface area contributed by atoms with E-state index in [-0.39, 0.29) is 11.8 Å². The Morgan fingerprint density at radius 2 is 1.31 bits per heavy atom. The average molecular weight is 390 g/mol. The monoisotopic (exact) mass is 390 g/mol. The molecular formula is C23H22N2O4. The average Bonchev–Trinajstić information content (AvgIpc) is 2.76. The molecule has 29 heavy (non-hydrogen) atoms. The minimum absolute atomic E-state index is 0.193. The smallest absolute Gasteiger partial charge is 0.265 e. The van der Waals surface area contributed by atoms with E-state index >= 15 is 0 Å². The summed E-state index contributed by atoms with van der Waals surface area (Å²) in [5.41, 5.74) is 1.81.